The van der Waals surface area contributed by atoms with Crippen LogP contribution in [0.2, 0.25) is 0 Å². The number of nitrogens with one attached hydrogen (secondary N) is 2. The first-order valence-electron chi connectivity index (χ1n) is 8.97. The van der Waals surface area contributed by atoms with Gasteiger partial charge in [0.25, 0.3) is 6.02 Å². The van der Waals surface area contributed by atoms with Gasteiger partial charge in [0, 0.05) is 37.3 Å². The Hall–Kier alpha value is -2.78. The van der Waals surface area contributed by atoms with Gasteiger partial charge >= 0.3 is 10.2 Å². The standard InChI is InChI=1S/C19H22N4O4S/c1-20-28(24,25)23(2)14-7-8-16-13(11-14)12-27-19(21-16)22-17-9-10-26-18-6-4-3-5-15(17)18/h3-8,11,17,20H,9-10,12H2,1-2H3,(H,21,22). The van der Waals surface area contributed by atoms with Gasteiger partial charge < -0.3 is 14.8 Å². The third kappa shape index (κ3) is 3.50. The van der Waals surface area contributed by atoms with Crippen LogP contribution in [-0.4, -0.2) is 35.1 Å². The van der Waals surface area contributed by atoms with E-state index in [1.807, 2.05) is 30.3 Å². The van der Waals surface area contributed by atoms with E-state index in [0.717, 1.165) is 29.0 Å². The molecular formula is C19H22N4O4S. The molecule has 0 saturated carbocycles. The second-order valence-corrected chi connectivity index (χ2v) is 8.46. The molecule has 2 aliphatic rings. The molecule has 148 valence electrons. The number of benzene rings is 2. The number of para-hydroxylation sites is 1. The van der Waals surface area contributed by atoms with E-state index >= 15 is 0 Å². The first-order valence-corrected chi connectivity index (χ1v) is 10.4. The normalized spacial score (nSPS) is 19.6. The van der Waals surface area contributed by atoms with Gasteiger partial charge in [-0.3, -0.25) is 4.31 Å². The van der Waals surface area contributed by atoms with Crippen LogP contribution in [0.1, 0.15) is 23.6 Å². The summed E-state index contributed by atoms with van der Waals surface area (Å²) in [5, 5.41) is 3.20. The number of anilines is 2. The lowest BCUT2D eigenvalue weighted by Crippen LogP contribution is -2.36. The van der Waals surface area contributed by atoms with Crippen molar-refractivity contribution in [3.8, 4) is 5.75 Å². The fourth-order valence-corrected chi connectivity index (χ4v) is 3.92. The van der Waals surface area contributed by atoms with Crippen LogP contribution in [0.15, 0.2) is 47.5 Å². The number of aliphatic imine (C=N–C) groups is 1. The van der Waals surface area contributed by atoms with Crippen molar-refractivity contribution >= 4 is 27.6 Å². The van der Waals surface area contributed by atoms with Crippen LogP contribution in [0.4, 0.5) is 11.4 Å². The van der Waals surface area contributed by atoms with E-state index in [2.05, 4.69) is 10.0 Å². The van der Waals surface area contributed by atoms with Gasteiger partial charge in [-0.1, -0.05) is 18.2 Å². The van der Waals surface area contributed by atoms with Crippen molar-refractivity contribution in [1.82, 2.24) is 4.72 Å². The molecule has 2 aliphatic heterocycles. The van der Waals surface area contributed by atoms with Crippen molar-refractivity contribution in [2.45, 2.75) is 19.1 Å². The molecule has 2 aromatic rings. The highest BCUT2D eigenvalue weighted by Crippen LogP contribution is 2.35. The maximum Gasteiger partial charge on any atom is 0.301 e. The Balaban J connectivity index is 1.56. The summed E-state index contributed by atoms with van der Waals surface area (Å²) < 4.78 is 38.9. The Morgan fingerprint density at radius 1 is 1.21 bits per heavy atom. The van der Waals surface area contributed by atoms with Gasteiger partial charge in [0.05, 0.1) is 18.3 Å². The minimum Gasteiger partial charge on any atom is -0.493 e. The lowest BCUT2D eigenvalue weighted by molar-refractivity contribution is 0.259. The van der Waals surface area contributed by atoms with Crippen molar-refractivity contribution in [2.24, 2.45) is 4.99 Å². The van der Waals surface area contributed by atoms with Crippen LogP contribution in [0, 0.1) is 0 Å². The number of nitrogens with zero attached hydrogens (tertiary/aromatic N) is 2. The molecule has 0 fully saturated rings. The molecule has 4 rings (SSSR count). The van der Waals surface area contributed by atoms with Crippen LogP contribution in [0.5, 0.6) is 5.75 Å². The molecule has 28 heavy (non-hydrogen) atoms. The SMILES string of the molecule is CNS(=O)(=O)N(C)c1ccc2c(c1)COC(=NC1CCOc3ccccc31)N2. The van der Waals surface area contributed by atoms with Crippen molar-refractivity contribution in [1.29, 1.82) is 0 Å². The second kappa shape index (κ2) is 7.33. The maximum absolute atomic E-state index is 12.0. The monoisotopic (exact) mass is 402 g/mol. The number of hydrogen-bond donors (Lipinski definition) is 2. The summed E-state index contributed by atoms with van der Waals surface area (Å²) in [6.45, 7) is 0.929. The van der Waals surface area contributed by atoms with Gasteiger partial charge in [0.2, 0.25) is 0 Å². The predicted octanol–water partition coefficient (Wildman–Crippen LogP) is 2.41. The molecular weight excluding hydrogens is 380 g/mol. The smallest absolute Gasteiger partial charge is 0.301 e. The van der Waals surface area contributed by atoms with Crippen LogP contribution >= 0.6 is 0 Å². The third-order valence-electron chi connectivity index (χ3n) is 4.88. The van der Waals surface area contributed by atoms with Crippen LogP contribution < -0.4 is 19.1 Å². The lowest BCUT2D eigenvalue weighted by atomic mass is 10.0. The molecule has 2 heterocycles. The topological polar surface area (TPSA) is 92.3 Å². The molecule has 0 aliphatic carbocycles. The molecule has 2 N–H and O–H groups in total. The molecule has 9 heteroatoms. The maximum atomic E-state index is 12.0. The molecule has 0 radical (unpaired) electrons. The number of fused-ring (bicyclic) bond motifs is 2. The Labute approximate surface area is 164 Å². The van der Waals surface area contributed by atoms with Crippen molar-refractivity contribution in [2.75, 3.05) is 30.3 Å². The van der Waals surface area contributed by atoms with E-state index < -0.39 is 10.2 Å². The summed E-state index contributed by atoms with van der Waals surface area (Å²) in [6.07, 6.45) is 0.782. The molecule has 0 spiro atoms. The molecule has 2 aromatic carbocycles. The van der Waals surface area contributed by atoms with E-state index in [4.69, 9.17) is 14.5 Å². The minimum atomic E-state index is -3.55. The Kier molecular flexibility index (Phi) is 4.86. The molecule has 8 nitrogen and oxygen atoms in total. The van der Waals surface area contributed by atoms with Gasteiger partial charge in [0.15, 0.2) is 0 Å². The van der Waals surface area contributed by atoms with Crippen molar-refractivity contribution in [3.63, 3.8) is 0 Å². The molecule has 0 amide bonds. The zero-order valence-electron chi connectivity index (χ0n) is 15.7. The first kappa shape index (κ1) is 18.6. The first-order chi connectivity index (χ1) is 13.5. The van der Waals surface area contributed by atoms with Crippen molar-refractivity contribution < 1.29 is 17.9 Å². The predicted molar refractivity (Wildman–Crippen MR) is 108 cm³/mol. The van der Waals surface area contributed by atoms with E-state index in [0.29, 0.717) is 24.9 Å². The third-order valence-corrected chi connectivity index (χ3v) is 6.32. The highest BCUT2D eigenvalue weighted by atomic mass is 32.2. The summed E-state index contributed by atoms with van der Waals surface area (Å²) in [7, 11) is -0.668. The van der Waals surface area contributed by atoms with Gasteiger partial charge in [-0.05, 0) is 24.3 Å². The Morgan fingerprint density at radius 2 is 2.04 bits per heavy atom. The summed E-state index contributed by atoms with van der Waals surface area (Å²) in [5.41, 5.74) is 3.32. The number of ether oxygens (including phenoxy) is 2. The average molecular weight is 402 g/mol. The summed E-state index contributed by atoms with van der Waals surface area (Å²) >= 11 is 0. The van der Waals surface area contributed by atoms with Crippen molar-refractivity contribution in [3.05, 3.63) is 53.6 Å². The molecule has 1 unspecified atom stereocenters. The van der Waals surface area contributed by atoms with Crippen LogP contribution in [0.3, 0.4) is 0 Å². The zero-order valence-corrected chi connectivity index (χ0v) is 16.5. The highest BCUT2D eigenvalue weighted by Gasteiger charge is 2.24. The average Bonchev–Trinajstić information content (AvgIpc) is 2.73. The van der Waals surface area contributed by atoms with E-state index in [1.54, 1.807) is 12.1 Å². The van der Waals surface area contributed by atoms with Gasteiger partial charge in [-0.25, -0.2) is 9.71 Å². The molecule has 1 atom stereocenters. The van der Waals surface area contributed by atoms with E-state index in [-0.39, 0.29) is 6.04 Å². The zero-order chi connectivity index (χ0) is 19.7. The Bertz CT molecular complexity index is 1020. The highest BCUT2D eigenvalue weighted by molar-refractivity contribution is 7.90. The Morgan fingerprint density at radius 3 is 2.86 bits per heavy atom. The quantitative estimate of drug-likeness (QED) is 0.819. The molecule has 0 saturated heterocycles. The van der Waals surface area contributed by atoms with Gasteiger partial charge in [0.1, 0.15) is 12.4 Å². The van der Waals surface area contributed by atoms with Gasteiger partial charge in [-0.15, -0.1) is 0 Å². The number of hydrogen-bond acceptors (Lipinski definition) is 5. The lowest BCUT2D eigenvalue weighted by Gasteiger charge is -2.27. The fourth-order valence-electron chi connectivity index (χ4n) is 3.26. The summed E-state index contributed by atoms with van der Waals surface area (Å²) in [5.74, 6) is 0.859. The van der Waals surface area contributed by atoms with E-state index in [9.17, 15) is 8.42 Å². The fraction of sp³-hybridized carbons (Fsp3) is 0.316. The number of rotatable bonds is 4. The summed E-state index contributed by atoms with van der Waals surface area (Å²) in [4.78, 5) is 4.73. The van der Waals surface area contributed by atoms with Gasteiger partial charge in [-0.2, -0.15) is 8.42 Å². The molecule has 0 aromatic heterocycles. The number of amidine groups is 1. The van der Waals surface area contributed by atoms with Crippen LogP contribution in [-0.2, 0) is 21.6 Å². The molecule has 0 bridgehead atoms. The second-order valence-electron chi connectivity index (χ2n) is 6.56. The summed E-state index contributed by atoms with van der Waals surface area (Å²) in [6, 6.07) is 13.7. The van der Waals surface area contributed by atoms with Crippen LogP contribution in [0.25, 0.3) is 0 Å². The minimum absolute atomic E-state index is 0.0276. The largest absolute Gasteiger partial charge is 0.493 e. The van der Waals surface area contributed by atoms with E-state index in [1.165, 1.54) is 18.4 Å².